The molecule has 1 N–H and O–H groups in total. The normalized spacial score (nSPS) is 16.9. The highest BCUT2D eigenvalue weighted by atomic mass is 16.5. The van der Waals surface area contributed by atoms with Crippen molar-refractivity contribution in [1.29, 1.82) is 0 Å². The van der Waals surface area contributed by atoms with Crippen molar-refractivity contribution >= 4 is 17.0 Å². The van der Waals surface area contributed by atoms with E-state index in [0.29, 0.717) is 24.2 Å². The van der Waals surface area contributed by atoms with E-state index in [1.165, 1.54) is 6.33 Å². The van der Waals surface area contributed by atoms with Gasteiger partial charge in [0, 0.05) is 32.4 Å². The number of aromatic nitrogens is 3. The highest BCUT2D eigenvalue weighted by Gasteiger charge is 2.24. The molecule has 0 aromatic carbocycles. The van der Waals surface area contributed by atoms with E-state index in [4.69, 9.17) is 4.74 Å². The lowest BCUT2D eigenvalue weighted by molar-refractivity contribution is 0.0698. The maximum atomic E-state index is 11.4. The van der Waals surface area contributed by atoms with Gasteiger partial charge in [-0.1, -0.05) is 0 Å². The molecule has 0 bridgehead atoms. The fraction of sp³-hybridized carbons (Fsp3) is 0.462. The number of rotatable bonds is 2. The Morgan fingerprint density at radius 1 is 1.42 bits per heavy atom. The Hall–Kier alpha value is -1.95. The van der Waals surface area contributed by atoms with Gasteiger partial charge in [0.05, 0.1) is 16.6 Å². The maximum absolute atomic E-state index is 11.4. The number of nitrogens with zero attached hydrogens (tertiary/aromatic N) is 3. The molecule has 3 heterocycles. The molecule has 0 aliphatic carbocycles. The van der Waals surface area contributed by atoms with Crippen molar-refractivity contribution in [3.63, 3.8) is 0 Å². The van der Waals surface area contributed by atoms with E-state index in [0.717, 1.165) is 18.5 Å². The summed E-state index contributed by atoms with van der Waals surface area (Å²) in [6.07, 6.45) is 4.86. The predicted molar refractivity (Wildman–Crippen MR) is 68.3 cm³/mol. The lowest BCUT2D eigenvalue weighted by Gasteiger charge is -2.22. The topological polar surface area (TPSA) is 77.2 Å². The molecule has 0 atom stereocenters. The summed E-state index contributed by atoms with van der Waals surface area (Å²) in [5, 5.41) is 10.00. The van der Waals surface area contributed by atoms with Crippen LogP contribution in [0.1, 0.15) is 34.8 Å². The van der Waals surface area contributed by atoms with Crippen LogP contribution in [-0.2, 0) is 11.8 Å². The van der Waals surface area contributed by atoms with E-state index in [-0.39, 0.29) is 11.5 Å². The summed E-state index contributed by atoms with van der Waals surface area (Å²) in [5.74, 6) is -0.687. The second-order valence-electron chi connectivity index (χ2n) is 4.80. The quantitative estimate of drug-likeness (QED) is 0.887. The third kappa shape index (κ3) is 1.98. The van der Waals surface area contributed by atoms with Gasteiger partial charge in [-0.15, -0.1) is 0 Å². The Kier molecular flexibility index (Phi) is 2.94. The van der Waals surface area contributed by atoms with E-state index in [1.54, 1.807) is 17.8 Å². The molecule has 6 nitrogen and oxygen atoms in total. The van der Waals surface area contributed by atoms with Gasteiger partial charge in [0.2, 0.25) is 0 Å². The number of carbonyl (C=O) groups is 1. The average Bonchev–Trinajstić information content (AvgIpc) is 2.78. The molecule has 6 heteroatoms. The molecular formula is C13H15N3O3. The number of hydrogen-bond acceptors (Lipinski definition) is 4. The third-order valence-corrected chi connectivity index (χ3v) is 3.62. The van der Waals surface area contributed by atoms with E-state index in [1.807, 2.05) is 0 Å². The monoisotopic (exact) mass is 261 g/mol. The van der Waals surface area contributed by atoms with Gasteiger partial charge in [0.25, 0.3) is 0 Å². The molecule has 2 aromatic rings. The summed E-state index contributed by atoms with van der Waals surface area (Å²) in [5.41, 5.74) is 1.79. The summed E-state index contributed by atoms with van der Waals surface area (Å²) in [6.45, 7) is 1.40. The minimum absolute atomic E-state index is 0.250. The van der Waals surface area contributed by atoms with Crippen molar-refractivity contribution in [3.8, 4) is 0 Å². The van der Waals surface area contributed by atoms with Crippen LogP contribution in [0.4, 0.5) is 0 Å². The van der Waals surface area contributed by atoms with Crippen LogP contribution in [0.2, 0.25) is 0 Å². The number of hydrogen-bond donors (Lipinski definition) is 1. The zero-order valence-electron chi connectivity index (χ0n) is 10.7. The lowest BCUT2D eigenvalue weighted by atomic mass is 9.93. The Balaban J connectivity index is 2.20. The molecule has 1 saturated heterocycles. The van der Waals surface area contributed by atoms with Gasteiger partial charge in [-0.25, -0.2) is 14.8 Å². The lowest BCUT2D eigenvalue weighted by Crippen LogP contribution is -2.16. The number of aromatic carboxylic acids is 1. The van der Waals surface area contributed by atoms with Crippen LogP contribution in [0.3, 0.4) is 0 Å². The second-order valence-corrected chi connectivity index (χ2v) is 4.80. The van der Waals surface area contributed by atoms with Gasteiger partial charge >= 0.3 is 5.97 Å². The molecule has 19 heavy (non-hydrogen) atoms. The second kappa shape index (κ2) is 4.62. The molecule has 100 valence electrons. The summed E-state index contributed by atoms with van der Waals surface area (Å²) in [4.78, 5) is 19.9. The molecule has 1 aliphatic rings. The van der Waals surface area contributed by atoms with Gasteiger partial charge in [0.15, 0.2) is 0 Å². The molecule has 2 aromatic heterocycles. The zero-order chi connectivity index (χ0) is 13.4. The maximum Gasteiger partial charge on any atom is 0.338 e. The summed E-state index contributed by atoms with van der Waals surface area (Å²) in [7, 11) is 1.80. The predicted octanol–water partition coefficient (Wildman–Crippen LogP) is 1.56. The van der Waals surface area contributed by atoms with Crippen LogP contribution in [0.5, 0.6) is 0 Å². The van der Waals surface area contributed by atoms with E-state index in [9.17, 15) is 9.90 Å². The summed E-state index contributed by atoms with van der Waals surface area (Å²) < 4.78 is 7.09. The summed E-state index contributed by atoms with van der Waals surface area (Å²) in [6, 6.07) is 0. The van der Waals surface area contributed by atoms with E-state index in [2.05, 4.69) is 9.97 Å². The first-order chi connectivity index (χ1) is 9.18. The fourth-order valence-electron chi connectivity index (χ4n) is 2.68. The number of carboxylic acids is 1. The van der Waals surface area contributed by atoms with Crippen molar-refractivity contribution < 1.29 is 14.6 Å². The van der Waals surface area contributed by atoms with E-state index < -0.39 is 5.97 Å². The first-order valence-electron chi connectivity index (χ1n) is 6.29. The van der Waals surface area contributed by atoms with Crippen LogP contribution in [-0.4, -0.2) is 38.8 Å². The van der Waals surface area contributed by atoms with Crippen molar-refractivity contribution in [2.75, 3.05) is 13.2 Å². The van der Waals surface area contributed by atoms with Crippen LogP contribution >= 0.6 is 0 Å². The van der Waals surface area contributed by atoms with Crippen LogP contribution in [0, 0.1) is 0 Å². The number of carboxylic acid groups (broad SMARTS) is 1. The molecule has 0 radical (unpaired) electrons. The fourth-order valence-corrected chi connectivity index (χ4v) is 2.68. The molecule has 0 spiro atoms. The summed E-state index contributed by atoms with van der Waals surface area (Å²) >= 11 is 0. The molecule has 0 unspecified atom stereocenters. The molecule has 1 fully saturated rings. The zero-order valence-corrected chi connectivity index (χ0v) is 10.7. The van der Waals surface area contributed by atoms with Gasteiger partial charge in [-0.2, -0.15) is 0 Å². The first-order valence-corrected chi connectivity index (χ1v) is 6.29. The molecular weight excluding hydrogens is 246 g/mol. The molecule has 1 aliphatic heterocycles. The highest BCUT2D eigenvalue weighted by molar-refractivity contribution is 6.03. The Labute approximate surface area is 110 Å². The van der Waals surface area contributed by atoms with Crippen molar-refractivity contribution in [2.45, 2.75) is 18.8 Å². The van der Waals surface area contributed by atoms with Crippen LogP contribution in [0.25, 0.3) is 11.0 Å². The van der Waals surface area contributed by atoms with Crippen LogP contribution in [0.15, 0.2) is 12.5 Å². The third-order valence-electron chi connectivity index (χ3n) is 3.62. The molecule has 3 rings (SSSR count). The van der Waals surface area contributed by atoms with Crippen LogP contribution < -0.4 is 0 Å². The number of fused-ring (bicyclic) bond motifs is 1. The van der Waals surface area contributed by atoms with Crippen molar-refractivity contribution in [3.05, 3.63) is 23.8 Å². The smallest absolute Gasteiger partial charge is 0.338 e. The minimum Gasteiger partial charge on any atom is -0.478 e. The molecule has 0 saturated carbocycles. The Morgan fingerprint density at radius 2 is 2.16 bits per heavy atom. The Bertz CT molecular complexity index is 629. The average molecular weight is 261 g/mol. The number of aryl methyl sites for hydroxylation is 1. The minimum atomic E-state index is -0.936. The van der Waals surface area contributed by atoms with Crippen molar-refractivity contribution in [1.82, 2.24) is 14.5 Å². The SMILES string of the molecule is Cn1cc(C(=O)O)c2c(C3CCOCC3)ncnc21. The molecule has 0 amide bonds. The highest BCUT2D eigenvalue weighted by Crippen LogP contribution is 2.32. The van der Waals surface area contributed by atoms with Gasteiger partial charge in [0.1, 0.15) is 12.0 Å². The van der Waals surface area contributed by atoms with Gasteiger partial charge in [-0.05, 0) is 12.8 Å². The van der Waals surface area contributed by atoms with Gasteiger partial charge in [-0.3, -0.25) is 0 Å². The Morgan fingerprint density at radius 3 is 2.84 bits per heavy atom. The number of ether oxygens (including phenoxy) is 1. The van der Waals surface area contributed by atoms with Gasteiger partial charge < -0.3 is 14.4 Å². The van der Waals surface area contributed by atoms with E-state index >= 15 is 0 Å². The van der Waals surface area contributed by atoms with Crippen molar-refractivity contribution in [2.24, 2.45) is 7.05 Å². The first kappa shape index (κ1) is 12.1. The largest absolute Gasteiger partial charge is 0.478 e. The standard InChI is InChI=1S/C13H15N3O3/c1-16-6-9(13(17)18)10-11(14-7-15-12(10)16)8-2-4-19-5-3-8/h6-8H,2-5H2,1H3,(H,17,18).